The van der Waals surface area contributed by atoms with Gasteiger partial charge >= 0.3 is 0 Å². The predicted molar refractivity (Wildman–Crippen MR) is 71.0 cm³/mol. The number of amides is 1. The molecular formula is C13H23N3O. The van der Waals surface area contributed by atoms with E-state index < -0.39 is 0 Å². The van der Waals surface area contributed by atoms with Crippen molar-refractivity contribution in [1.29, 1.82) is 0 Å². The SMILES string of the molecule is CCCCCN(C)C(=O)c1cc(N)cn1CC. The predicted octanol–water partition coefficient (Wildman–Crippen LogP) is 2.35. The van der Waals surface area contributed by atoms with Gasteiger partial charge in [0.25, 0.3) is 5.91 Å². The molecule has 0 aromatic carbocycles. The minimum Gasteiger partial charge on any atom is -0.397 e. The maximum atomic E-state index is 12.2. The summed E-state index contributed by atoms with van der Waals surface area (Å²) in [6.07, 6.45) is 5.20. The zero-order chi connectivity index (χ0) is 12.8. The summed E-state index contributed by atoms with van der Waals surface area (Å²) in [6.45, 7) is 5.74. The molecule has 2 N–H and O–H groups in total. The van der Waals surface area contributed by atoms with E-state index in [1.807, 2.05) is 24.7 Å². The minimum absolute atomic E-state index is 0.0552. The van der Waals surface area contributed by atoms with E-state index in [2.05, 4.69) is 6.92 Å². The molecule has 0 aliphatic heterocycles. The molecule has 1 aromatic heterocycles. The number of carbonyl (C=O) groups excluding carboxylic acids is 1. The highest BCUT2D eigenvalue weighted by Crippen LogP contribution is 2.13. The fraction of sp³-hybridized carbons (Fsp3) is 0.615. The summed E-state index contributed by atoms with van der Waals surface area (Å²) in [6, 6.07) is 1.75. The Kier molecular flexibility index (Phi) is 5.07. The van der Waals surface area contributed by atoms with Gasteiger partial charge in [-0.1, -0.05) is 19.8 Å². The third kappa shape index (κ3) is 3.51. The van der Waals surface area contributed by atoms with E-state index in [1.54, 1.807) is 11.0 Å². The van der Waals surface area contributed by atoms with Gasteiger partial charge in [0, 0.05) is 26.3 Å². The van der Waals surface area contributed by atoms with Crippen LogP contribution in [0.3, 0.4) is 0 Å². The van der Waals surface area contributed by atoms with Crippen LogP contribution >= 0.6 is 0 Å². The van der Waals surface area contributed by atoms with Crippen LogP contribution in [-0.2, 0) is 6.54 Å². The van der Waals surface area contributed by atoms with Gasteiger partial charge in [-0.15, -0.1) is 0 Å². The fourth-order valence-electron chi connectivity index (χ4n) is 1.87. The standard InChI is InChI=1S/C13H23N3O/c1-4-6-7-8-15(3)13(17)12-9-11(14)10-16(12)5-2/h9-10H,4-8,14H2,1-3H3. The van der Waals surface area contributed by atoms with Crippen LogP contribution in [0.4, 0.5) is 5.69 Å². The zero-order valence-corrected chi connectivity index (χ0v) is 11.1. The molecule has 0 fully saturated rings. The van der Waals surface area contributed by atoms with Gasteiger partial charge in [-0.2, -0.15) is 0 Å². The Bertz CT molecular complexity index is 371. The molecule has 17 heavy (non-hydrogen) atoms. The summed E-state index contributed by atoms with van der Waals surface area (Å²) >= 11 is 0. The van der Waals surface area contributed by atoms with E-state index in [1.165, 1.54) is 6.42 Å². The lowest BCUT2D eigenvalue weighted by molar-refractivity contribution is 0.0782. The van der Waals surface area contributed by atoms with Crippen LogP contribution < -0.4 is 5.73 Å². The molecule has 1 heterocycles. The van der Waals surface area contributed by atoms with E-state index >= 15 is 0 Å². The molecule has 0 bridgehead atoms. The highest BCUT2D eigenvalue weighted by atomic mass is 16.2. The number of aryl methyl sites for hydroxylation is 1. The summed E-state index contributed by atoms with van der Waals surface area (Å²) in [4.78, 5) is 14.0. The number of nitrogens with zero attached hydrogens (tertiary/aromatic N) is 2. The summed E-state index contributed by atoms with van der Waals surface area (Å²) in [5.41, 5.74) is 7.06. The van der Waals surface area contributed by atoms with Crippen molar-refractivity contribution in [2.45, 2.75) is 39.7 Å². The largest absolute Gasteiger partial charge is 0.397 e. The Hall–Kier alpha value is -1.45. The average molecular weight is 237 g/mol. The first-order valence-corrected chi connectivity index (χ1v) is 6.31. The van der Waals surface area contributed by atoms with Gasteiger partial charge in [0.15, 0.2) is 0 Å². The molecule has 0 spiro atoms. The number of carbonyl (C=O) groups is 1. The van der Waals surface area contributed by atoms with Crippen LogP contribution in [-0.4, -0.2) is 29.0 Å². The van der Waals surface area contributed by atoms with Crippen LogP contribution in [0.15, 0.2) is 12.3 Å². The second-order valence-corrected chi connectivity index (χ2v) is 4.38. The van der Waals surface area contributed by atoms with E-state index in [9.17, 15) is 4.79 Å². The molecule has 1 amide bonds. The van der Waals surface area contributed by atoms with Crippen molar-refractivity contribution in [2.75, 3.05) is 19.3 Å². The summed E-state index contributed by atoms with van der Waals surface area (Å²) < 4.78 is 1.90. The first-order chi connectivity index (χ1) is 8.10. The molecule has 0 saturated carbocycles. The highest BCUT2D eigenvalue weighted by Gasteiger charge is 2.15. The number of nitrogen functional groups attached to an aromatic ring is 1. The number of nitrogens with two attached hydrogens (primary N) is 1. The van der Waals surface area contributed by atoms with Crippen molar-refractivity contribution < 1.29 is 4.79 Å². The van der Waals surface area contributed by atoms with Crippen LogP contribution in [0.2, 0.25) is 0 Å². The lowest BCUT2D eigenvalue weighted by Gasteiger charge is -2.17. The zero-order valence-electron chi connectivity index (χ0n) is 11.1. The summed E-state index contributed by atoms with van der Waals surface area (Å²) in [7, 11) is 1.85. The number of unbranched alkanes of at least 4 members (excludes halogenated alkanes) is 2. The van der Waals surface area contributed by atoms with Gasteiger partial charge in [0.1, 0.15) is 5.69 Å². The Morgan fingerprint density at radius 2 is 2.12 bits per heavy atom. The van der Waals surface area contributed by atoms with Gasteiger partial charge in [0.05, 0.1) is 5.69 Å². The molecule has 0 aliphatic carbocycles. The fourth-order valence-corrected chi connectivity index (χ4v) is 1.87. The first-order valence-electron chi connectivity index (χ1n) is 6.31. The van der Waals surface area contributed by atoms with Crippen molar-refractivity contribution in [3.63, 3.8) is 0 Å². The van der Waals surface area contributed by atoms with Gasteiger partial charge in [-0.3, -0.25) is 4.79 Å². The molecule has 1 aromatic rings. The second kappa shape index (κ2) is 6.33. The first kappa shape index (κ1) is 13.6. The smallest absolute Gasteiger partial charge is 0.270 e. The van der Waals surface area contributed by atoms with Crippen molar-refractivity contribution in [1.82, 2.24) is 9.47 Å². The second-order valence-electron chi connectivity index (χ2n) is 4.38. The van der Waals surface area contributed by atoms with Gasteiger partial charge in [-0.25, -0.2) is 0 Å². The third-order valence-electron chi connectivity index (χ3n) is 2.92. The van der Waals surface area contributed by atoms with Gasteiger partial charge in [-0.05, 0) is 19.4 Å². The molecule has 4 nitrogen and oxygen atoms in total. The average Bonchev–Trinajstić information content (AvgIpc) is 2.69. The quantitative estimate of drug-likeness (QED) is 0.772. The molecule has 0 unspecified atom stereocenters. The molecule has 96 valence electrons. The highest BCUT2D eigenvalue weighted by molar-refractivity contribution is 5.93. The molecule has 1 rings (SSSR count). The van der Waals surface area contributed by atoms with Gasteiger partial charge < -0.3 is 15.2 Å². The van der Waals surface area contributed by atoms with Crippen molar-refractivity contribution in [2.24, 2.45) is 0 Å². The topological polar surface area (TPSA) is 51.3 Å². The Morgan fingerprint density at radius 3 is 2.71 bits per heavy atom. The van der Waals surface area contributed by atoms with E-state index in [4.69, 9.17) is 5.73 Å². The maximum absolute atomic E-state index is 12.2. The number of hydrogen-bond acceptors (Lipinski definition) is 2. The lowest BCUT2D eigenvalue weighted by atomic mass is 10.2. The summed E-state index contributed by atoms with van der Waals surface area (Å²) in [5, 5.41) is 0. The maximum Gasteiger partial charge on any atom is 0.270 e. The molecule has 4 heteroatoms. The number of aromatic nitrogens is 1. The van der Waals surface area contributed by atoms with Crippen molar-refractivity contribution in [3.8, 4) is 0 Å². The van der Waals surface area contributed by atoms with Crippen molar-refractivity contribution in [3.05, 3.63) is 18.0 Å². The third-order valence-corrected chi connectivity index (χ3v) is 2.92. The number of rotatable bonds is 6. The van der Waals surface area contributed by atoms with Crippen LogP contribution in [0.25, 0.3) is 0 Å². The Balaban J connectivity index is 2.67. The van der Waals surface area contributed by atoms with E-state index in [0.29, 0.717) is 11.4 Å². The normalized spacial score (nSPS) is 10.5. The minimum atomic E-state index is 0.0552. The molecule has 0 saturated heterocycles. The van der Waals surface area contributed by atoms with Gasteiger partial charge in [0.2, 0.25) is 0 Å². The van der Waals surface area contributed by atoms with Crippen molar-refractivity contribution >= 4 is 11.6 Å². The summed E-state index contributed by atoms with van der Waals surface area (Å²) in [5.74, 6) is 0.0552. The van der Waals surface area contributed by atoms with Crippen LogP contribution in [0.1, 0.15) is 43.6 Å². The Morgan fingerprint density at radius 1 is 1.41 bits per heavy atom. The molecular weight excluding hydrogens is 214 g/mol. The van der Waals surface area contributed by atoms with Crippen LogP contribution in [0.5, 0.6) is 0 Å². The lowest BCUT2D eigenvalue weighted by Crippen LogP contribution is -2.29. The van der Waals surface area contributed by atoms with E-state index in [-0.39, 0.29) is 5.91 Å². The van der Waals surface area contributed by atoms with Crippen LogP contribution in [0, 0.1) is 0 Å². The monoisotopic (exact) mass is 237 g/mol. The molecule has 0 atom stereocenters. The molecule has 0 radical (unpaired) electrons. The Labute approximate surface area is 103 Å². The number of anilines is 1. The van der Waals surface area contributed by atoms with E-state index in [0.717, 1.165) is 25.9 Å². The molecule has 0 aliphatic rings. The number of hydrogen-bond donors (Lipinski definition) is 1.